The fourth-order valence-corrected chi connectivity index (χ4v) is 3.61. The van der Waals surface area contributed by atoms with Crippen LogP contribution in [-0.2, 0) is 4.74 Å². The Kier molecular flexibility index (Phi) is 12.0. The number of hydrogen-bond donors (Lipinski definition) is 3. The molecule has 36 heavy (non-hydrogen) atoms. The number of nitrogens with zero attached hydrogens (tertiary/aromatic N) is 1. The van der Waals surface area contributed by atoms with Crippen molar-refractivity contribution in [3.63, 3.8) is 0 Å². The Labute approximate surface area is 218 Å². The molecule has 192 valence electrons. The number of nitrogens with one attached hydrogen (secondary N) is 2. The number of aliphatic hydroxyl groups is 1. The van der Waals surface area contributed by atoms with Crippen LogP contribution in [0.4, 0.5) is 10.1 Å². The molecule has 5 nitrogen and oxygen atoms in total. The van der Waals surface area contributed by atoms with Crippen LogP contribution >= 0.6 is 11.6 Å². The number of hydrogen-bond acceptors (Lipinski definition) is 4. The van der Waals surface area contributed by atoms with Crippen molar-refractivity contribution < 1.29 is 14.2 Å². The molecule has 0 radical (unpaired) electrons. The molecule has 0 saturated heterocycles. The Morgan fingerprint density at radius 3 is 2.67 bits per heavy atom. The normalized spacial score (nSPS) is 13.9. The quantitative estimate of drug-likeness (QED) is 0.118. The van der Waals surface area contributed by atoms with E-state index in [1.165, 1.54) is 12.1 Å². The van der Waals surface area contributed by atoms with Crippen molar-refractivity contribution in [2.24, 2.45) is 4.99 Å². The van der Waals surface area contributed by atoms with Gasteiger partial charge in [0.2, 0.25) is 0 Å². The maximum atomic E-state index is 13.6. The molecule has 2 aromatic rings. The second kappa shape index (κ2) is 14.9. The van der Waals surface area contributed by atoms with Gasteiger partial charge in [-0.05, 0) is 67.3 Å². The summed E-state index contributed by atoms with van der Waals surface area (Å²) < 4.78 is 18.9. The molecular formula is C29H35ClFN3O2. The van der Waals surface area contributed by atoms with Gasteiger partial charge in [-0.3, -0.25) is 0 Å². The second-order valence-electron chi connectivity index (χ2n) is 8.12. The van der Waals surface area contributed by atoms with E-state index in [0.29, 0.717) is 24.0 Å². The van der Waals surface area contributed by atoms with E-state index in [4.69, 9.17) is 21.3 Å². The number of halogens is 2. The van der Waals surface area contributed by atoms with E-state index in [1.54, 1.807) is 31.4 Å². The van der Waals surface area contributed by atoms with Crippen molar-refractivity contribution in [1.82, 2.24) is 5.32 Å². The van der Waals surface area contributed by atoms with Crippen molar-refractivity contribution in [1.29, 1.82) is 0 Å². The third-order valence-corrected chi connectivity index (χ3v) is 5.53. The third-order valence-electron chi connectivity index (χ3n) is 5.24. The topological polar surface area (TPSA) is 65.9 Å². The molecular weight excluding hydrogens is 477 g/mol. The van der Waals surface area contributed by atoms with Crippen LogP contribution in [0.2, 0.25) is 5.02 Å². The summed E-state index contributed by atoms with van der Waals surface area (Å²) in [4.78, 5) is 4.81. The molecule has 0 amide bonds. The Morgan fingerprint density at radius 1 is 1.25 bits per heavy atom. The molecule has 0 aromatic heterocycles. The summed E-state index contributed by atoms with van der Waals surface area (Å²) in [6.45, 7) is 10.4. The van der Waals surface area contributed by atoms with Crippen LogP contribution in [0.15, 0.2) is 83.8 Å². The van der Waals surface area contributed by atoms with Gasteiger partial charge in [0.15, 0.2) is 0 Å². The van der Waals surface area contributed by atoms with E-state index in [0.717, 1.165) is 29.5 Å². The smallest absolute Gasteiger partial charge is 0.141 e. The van der Waals surface area contributed by atoms with E-state index >= 15 is 0 Å². The Bertz CT molecular complexity index is 1150. The zero-order valence-electron chi connectivity index (χ0n) is 21.3. The van der Waals surface area contributed by atoms with Crippen molar-refractivity contribution >= 4 is 34.8 Å². The zero-order valence-corrected chi connectivity index (χ0v) is 22.1. The SMILES string of the molecule is C=C/C(=C(\N=C(/C)Nc1ccc(F)c(Cl)c1)NC(CC)COC)c1cccc(/C=C/C(O)=C\CC)c1. The molecule has 2 rings (SSSR count). The number of aliphatic imine (C=N–C) groups is 1. The monoisotopic (exact) mass is 511 g/mol. The van der Waals surface area contributed by atoms with Gasteiger partial charge in [-0.1, -0.05) is 62.4 Å². The van der Waals surface area contributed by atoms with Gasteiger partial charge >= 0.3 is 0 Å². The number of aliphatic hydroxyl groups excluding tert-OH is 1. The number of methoxy groups -OCH3 is 1. The maximum absolute atomic E-state index is 13.6. The molecule has 0 heterocycles. The lowest BCUT2D eigenvalue weighted by atomic mass is 10.0. The van der Waals surface area contributed by atoms with Crippen LogP contribution in [0.1, 0.15) is 44.7 Å². The van der Waals surface area contributed by atoms with Gasteiger partial charge in [-0.15, -0.1) is 0 Å². The average molecular weight is 512 g/mol. The van der Waals surface area contributed by atoms with E-state index in [9.17, 15) is 9.50 Å². The highest BCUT2D eigenvalue weighted by Crippen LogP contribution is 2.24. The number of amidine groups is 1. The summed E-state index contributed by atoms with van der Waals surface area (Å²) in [7, 11) is 1.66. The third kappa shape index (κ3) is 9.02. The minimum atomic E-state index is -0.481. The van der Waals surface area contributed by atoms with E-state index in [2.05, 4.69) is 24.1 Å². The molecule has 0 fully saturated rings. The number of rotatable bonds is 12. The lowest BCUT2D eigenvalue weighted by Crippen LogP contribution is -2.32. The van der Waals surface area contributed by atoms with Crippen LogP contribution in [0, 0.1) is 5.82 Å². The molecule has 1 unspecified atom stereocenters. The highest BCUT2D eigenvalue weighted by molar-refractivity contribution is 6.31. The number of anilines is 1. The van der Waals surface area contributed by atoms with Crippen molar-refractivity contribution in [2.75, 3.05) is 19.0 Å². The molecule has 0 bridgehead atoms. The van der Waals surface area contributed by atoms with Crippen molar-refractivity contribution in [3.8, 4) is 0 Å². The molecule has 1 atom stereocenters. The van der Waals surface area contributed by atoms with E-state index < -0.39 is 5.82 Å². The zero-order chi connectivity index (χ0) is 26.5. The number of allylic oxidation sites excluding steroid dienone is 4. The van der Waals surface area contributed by atoms with Gasteiger partial charge in [-0.2, -0.15) is 0 Å². The summed E-state index contributed by atoms with van der Waals surface area (Å²) in [5.74, 6) is 0.938. The van der Waals surface area contributed by atoms with Gasteiger partial charge in [0.25, 0.3) is 0 Å². The highest BCUT2D eigenvalue weighted by Gasteiger charge is 2.13. The van der Waals surface area contributed by atoms with Crippen LogP contribution in [0.25, 0.3) is 11.6 Å². The van der Waals surface area contributed by atoms with Gasteiger partial charge in [0.1, 0.15) is 23.2 Å². The predicted molar refractivity (Wildman–Crippen MR) is 151 cm³/mol. The van der Waals surface area contributed by atoms with Gasteiger partial charge in [0, 0.05) is 18.4 Å². The average Bonchev–Trinajstić information content (AvgIpc) is 2.85. The lowest BCUT2D eigenvalue weighted by molar-refractivity contribution is 0.168. The standard InChI is InChI=1S/C29H35ClFN3O2/c1-6-10-25(35)15-13-21-11-9-12-22(17-21)26(8-3)29(34-23(7-2)19-36-5)33-20(4)32-24-14-16-28(31)27(30)18-24/h8-18,23,34-35H,3,6-7,19H2,1-2,4-5H3,(H,32,33)/b15-13+,25-10+,29-26-. The summed E-state index contributed by atoms with van der Waals surface area (Å²) in [6, 6.07) is 12.3. The Hall–Kier alpha value is -3.35. The Balaban J connectivity index is 2.51. The van der Waals surface area contributed by atoms with Gasteiger partial charge in [0.05, 0.1) is 17.7 Å². The van der Waals surface area contributed by atoms with Crippen molar-refractivity contribution in [3.05, 3.63) is 101 Å². The molecule has 3 N–H and O–H groups in total. The van der Waals surface area contributed by atoms with Crippen molar-refractivity contribution in [2.45, 2.75) is 39.7 Å². The molecule has 2 aromatic carbocycles. The van der Waals surface area contributed by atoms with Gasteiger partial charge in [-0.25, -0.2) is 9.38 Å². The van der Waals surface area contributed by atoms with Crippen LogP contribution in [0.3, 0.4) is 0 Å². The van der Waals surface area contributed by atoms with E-state index in [1.807, 2.05) is 44.2 Å². The fourth-order valence-electron chi connectivity index (χ4n) is 3.42. The largest absolute Gasteiger partial charge is 0.508 e. The molecule has 0 aliphatic rings. The Morgan fingerprint density at radius 2 is 2.03 bits per heavy atom. The first kappa shape index (κ1) is 28.9. The molecule has 7 heteroatoms. The first-order valence-corrected chi connectivity index (χ1v) is 12.3. The predicted octanol–water partition coefficient (Wildman–Crippen LogP) is 7.74. The van der Waals surface area contributed by atoms with E-state index in [-0.39, 0.29) is 16.8 Å². The molecule has 0 aliphatic heterocycles. The first-order chi connectivity index (χ1) is 17.3. The number of benzene rings is 2. The minimum absolute atomic E-state index is 0.0240. The van der Waals surface area contributed by atoms with Gasteiger partial charge < -0.3 is 20.5 Å². The highest BCUT2D eigenvalue weighted by atomic mass is 35.5. The fraction of sp³-hybridized carbons (Fsp3) is 0.276. The summed E-state index contributed by atoms with van der Waals surface area (Å²) in [5.41, 5.74) is 3.25. The molecule has 0 saturated carbocycles. The molecule has 0 spiro atoms. The van der Waals surface area contributed by atoms with Crippen LogP contribution in [-0.4, -0.2) is 30.7 Å². The number of ether oxygens (including phenoxy) is 1. The molecule has 0 aliphatic carbocycles. The van der Waals surface area contributed by atoms with Crippen LogP contribution in [0.5, 0.6) is 0 Å². The summed E-state index contributed by atoms with van der Waals surface area (Å²) in [6.07, 6.45) is 8.60. The lowest BCUT2D eigenvalue weighted by Gasteiger charge is -2.20. The first-order valence-electron chi connectivity index (χ1n) is 11.9. The summed E-state index contributed by atoms with van der Waals surface area (Å²) >= 11 is 5.93. The maximum Gasteiger partial charge on any atom is 0.141 e. The van der Waals surface area contributed by atoms with Crippen LogP contribution < -0.4 is 10.6 Å². The summed E-state index contributed by atoms with van der Waals surface area (Å²) in [5, 5.41) is 16.6. The second-order valence-corrected chi connectivity index (χ2v) is 8.53. The minimum Gasteiger partial charge on any atom is -0.508 e.